The Morgan fingerprint density at radius 1 is 1.37 bits per heavy atom. The third-order valence-corrected chi connectivity index (χ3v) is 6.08. The molecule has 1 aromatic rings. The predicted octanol–water partition coefficient (Wildman–Crippen LogP) is 3.82. The average Bonchev–Trinajstić information content (AvgIpc) is 3.06. The Labute approximate surface area is 163 Å². The number of hydrogen-bond acceptors (Lipinski definition) is 4. The molecule has 0 unspecified atom stereocenters. The molecule has 3 heterocycles. The standard InChI is InChI=1S/C22H34N2O3/c1-18(2)6-7-21(25)24-13-10-22(11-14-24)19(9-16-27-22)8-15-26-17-20-5-3-4-12-23-20/h3-5,12,18-19H,6-11,13-17H2,1-2H3/t19-/m1/s1. The minimum absolute atomic E-state index is 0.0385. The first-order valence-corrected chi connectivity index (χ1v) is 10.5. The number of ether oxygens (including phenoxy) is 2. The smallest absolute Gasteiger partial charge is 0.222 e. The number of pyridine rings is 1. The third-order valence-electron chi connectivity index (χ3n) is 6.08. The summed E-state index contributed by atoms with van der Waals surface area (Å²) in [5.74, 6) is 1.43. The minimum Gasteiger partial charge on any atom is -0.375 e. The molecule has 0 N–H and O–H groups in total. The van der Waals surface area contributed by atoms with Crippen molar-refractivity contribution in [1.82, 2.24) is 9.88 Å². The molecule has 0 aromatic carbocycles. The molecule has 1 amide bonds. The Morgan fingerprint density at radius 2 is 2.19 bits per heavy atom. The van der Waals surface area contributed by atoms with E-state index in [2.05, 4.69) is 18.8 Å². The van der Waals surface area contributed by atoms with Crippen molar-refractivity contribution in [3.05, 3.63) is 30.1 Å². The fraction of sp³-hybridized carbons (Fsp3) is 0.727. The molecule has 1 spiro atoms. The van der Waals surface area contributed by atoms with Crippen LogP contribution in [-0.2, 0) is 20.9 Å². The number of carbonyl (C=O) groups is 1. The van der Waals surface area contributed by atoms with Gasteiger partial charge in [-0.15, -0.1) is 0 Å². The van der Waals surface area contributed by atoms with Crippen LogP contribution in [0.3, 0.4) is 0 Å². The summed E-state index contributed by atoms with van der Waals surface area (Å²) in [6.07, 6.45) is 7.51. The Kier molecular flexibility index (Phi) is 7.25. The van der Waals surface area contributed by atoms with E-state index in [9.17, 15) is 4.79 Å². The van der Waals surface area contributed by atoms with Crippen molar-refractivity contribution in [2.45, 2.75) is 64.6 Å². The number of aromatic nitrogens is 1. The summed E-state index contributed by atoms with van der Waals surface area (Å²) in [6.45, 7) is 8.16. The van der Waals surface area contributed by atoms with Crippen molar-refractivity contribution < 1.29 is 14.3 Å². The fourth-order valence-corrected chi connectivity index (χ4v) is 4.34. The molecule has 5 nitrogen and oxygen atoms in total. The number of amides is 1. The lowest BCUT2D eigenvalue weighted by molar-refractivity contribution is -0.138. The van der Waals surface area contributed by atoms with Crippen molar-refractivity contribution in [1.29, 1.82) is 0 Å². The van der Waals surface area contributed by atoms with Gasteiger partial charge >= 0.3 is 0 Å². The Hall–Kier alpha value is -1.46. The first-order chi connectivity index (χ1) is 13.1. The molecule has 2 saturated heterocycles. The number of hydrogen-bond donors (Lipinski definition) is 0. The van der Waals surface area contributed by atoms with Crippen LogP contribution in [0.4, 0.5) is 0 Å². The largest absolute Gasteiger partial charge is 0.375 e. The lowest BCUT2D eigenvalue weighted by Crippen LogP contribution is -2.49. The number of likely N-dealkylation sites (tertiary alicyclic amines) is 1. The van der Waals surface area contributed by atoms with Crippen LogP contribution in [-0.4, -0.2) is 47.7 Å². The SMILES string of the molecule is CC(C)CCC(=O)N1CCC2(CC1)OCC[C@H]2CCOCc1ccccn1. The number of nitrogens with zero attached hydrogens (tertiary/aromatic N) is 2. The second-order valence-corrected chi connectivity index (χ2v) is 8.37. The molecule has 2 aliphatic heterocycles. The van der Waals surface area contributed by atoms with Gasteiger partial charge in [-0.3, -0.25) is 9.78 Å². The van der Waals surface area contributed by atoms with E-state index in [0.717, 1.165) is 64.1 Å². The summed E-state index contributed by atoms with van der Waals surface area (Å²) < 4.78 is 12.1. The van der Waals surface area contributed by atoms with E-state index in [1.807, 2.05) is 23.1 Å². The van der Waals surface area contributed by atoms with E-state index in [1.165, 1.54) is 0 Å². The topological polar surface area (TPSA) is 51.7 Å². The summed E-state index contributed by atoms with van der Waals surface area (Å²) in [5, 5.41) is 0. The molecule has 0 bridgehead atoms. The first kappa shape index (κ1) is 20.3. The maximum atomic E-state index is 12.4. The Balaban J connectivity index is 1.42. The lowest BCUT2D eigenvalue weighted by atomic mass is 9.78. The van der Waals surface area contributed by atoms with E-state index >= 15 is 0 Å². The second kappa shape index (κ2) is 9.65. The number of piperidine rings is 1. The zero-order valence-corrected chi connectivity index (χ0v) is 16.9. The van der Waals surface area contributed by atoms with Gasteiger partial charge in [-0.25, -0.2) is 0 Å². The summed E-state index contributed by atoms with van der Waals surface area (Å²) in [4.78, 5) is 18.7. The van der Waals surface area contributed by atoms with Gasteiger partial charge < -0.3 is 14.4 Å². The normalized spacial score (nSPS) is 21.9. The van der Waals surface area contributed by atoms with E-state index in [0.29, 0.717) is 30.8 Å². The van der Waals surface area contributed by atoms with E-state index in [1.54, 1.807) is 6.20 Å². The molecule has 1 aromatic heterocycles. The van der Waals surface area contributed by atoms with E-state index in [-0.39, 0.29) is 5.60 Å². The van der Waals surface area contributed by atoms with Crippen LogP contribution >= 0.6 is 0 Å². The fourth-order valence-electron chi connectivity index (χ4n) is 4.34. The summed E-state index contributed by atoms with van der Waals surface area (Å²) in [6, 6.07) is 5.90. The zero-order chi connectivity index (χ0) is 19.1. The molecular formula is C22H34N2O3. The van der Waals surface area contributed by atoms with Crippen molar-refractivity contribution in [2.24, 2.45) is 11.8 Å². The summed E-state index contributed by atoms with van der Waals surface area (Å²) in [5.41, 5.74) is 0.937. The molecule has 150 valence electrons. The van der Waals surface area contributed by atoms with Gasteiger partial charge in [-0.2, -0.15) is 0 Å². The highest BCUT2D eigenvalue weighted by Crippen LogP contribution is 2.42. The highest BCUT2D eigenvalue weighted by atomic mass is 16.5. The molecule has 5 heteroatoms. The van der Waals surface area contributed by atoms with Crippen molar-refractivity contribution in [3.8, 4) is 0 Å². The molecule has 3 rings (SSSR count). The first-order valence-electron chi connectivity index (χ1n) is 10.5. The van der Waals surface area contributed by atoms with Gasteiger partial charge in [0.05, 0.1) is 17.9 Å². The monoisotopic (exact) mass is 374 g/mol. The maximum Gasteiger partial charge on any atom is 0.222 e. The van der Waals surface area contributed by atoms with Gasteiger partial charge in [-0.1, -0.05) is 19.9 Å². The third kappa shape index (κ3) is 5.52. The quantitative estimate of drug-likeness (QED) is 0.649. The molecule has 0 radical (unpaired) electrons. The molecule has 2 aliphatic rings. The van der Waals surface area contributed by atoms with Crippen LogP contribution in [0.25, 0.3) is 0 Å². The highest BCUT2D eigenvalue weighted by Gasteiger charge is 2.46. The zero-order valence-electron chi connectivity index (χ0n) is 16.9. The lowest BCUT2D eigenvalue weighted by Gasteiger charge is -2.42. The molecular weight excluding hydrogens is 340 g/mol. The second-order valence-electron chi connectivity index (χ2n) is 8.37. The van der Waals surface area contributed by atoms with Gasteiger partial charge in [0, 0.05) is 38.9 Å². The molecule has 0 saturated carbocycles. The Bertz CT molecular complexity index is 582. The number of rotatable bonds is 8. The maximum absolute atomic E-state index is 12.4. The summed E-state index contributed by atoms with van der Waals surface area (Å²) in [7, 11) is 0. The van der Waals surface area contributed by atoms with E-state index < -0.39 is 0 Å². The van der Waals surface area contributed by atoms with Gasteiger partial charge in [0.15, 0.2) is 0 Å². The molecule has 27 heavy (non-hydrogen) atoms. The minimum atomic E-state index is -0.0385. The van der Waals surface area contributed by atoms with Gasteiger partial charge in [0.25, 0.3) is 0 Å². The average molecular weight is 375 g/mol. The van der Waals surface area contributed by atoms with Crippen LogP contribution in [0, 0.1) is 11.8 Å². The van der Waals surface area contributed by atoms with Crippen molar-refractivity contribution >= 4 is 5.91 Å². The van der Waals surface area contributed by atoms with Crippen LogP contribution in [0.2, 0.25) is 0 Å². The van der Waals surface area contributed by atoms with Gasteiger partial charge in [-0.05, 0) is 56.1 Å². The van der Waals surface area contributed by atoms with Gasteiger partial charge in [0.2, 0.25) is 5.91 Å². The van der Waals surface area contributed by atoms with Crippen LogP contribution in [0.15, 0.2) is 24.4 Å². The van der Waals surface area contributed by atoms with Crippen molar-refractivity contribution in [3.63, 3.8) is 0 Å². The van der Waals surface area contributed by atoms with Gasteiger partial charge in [0.1, 0.15) is 0 Å². The van der Waals surface area contributed by atoms with Crippen LogP contribution < -0.4 is 0 Å². The number of carbonyl (C=O) groups excluding carboxylic acids is 1. The predicted molar refractivity (Wildman–Crippen MR) is 105 cm³/mol. The van der Waals surface area contributed by atoms with Crippen LogP contribution in [0.5, 0.6) is 0 Å². The molecule has 0 aliphatic carbocycles. The Morgan fingerprint density at radius 3 is 2.89 bits per heavy atom. The van der Waals surface area contributed by atoms with Crippen LogP contribution in [0.1, 0.15) is 58.1 Å². The van der Waals surface area contributed by atoms with Crippen molar-refractivity contribution in [2.75, 3.05) is 26.3 Å². The highest BCUT2D eigenvalue weighted by molar-refractivity contribution is 5.76. The molecule has 1 atom stereocenters. The summed E-state index contributed by atoms with van der Waals surface area (Å²) >= 11 is 0. The molecule has 2 fully saturated rings. The van der Waals surface area contributed by atoms with E-state index in [4.69, 9.17) is 9.47 Å².